The Kier molecular flexibility index (Phi) is 4.02. The van der Waals surface area contributed by atoms with Gasteiger partial charge in [0.25, 0.3) is 0 Å². The topological polar surface area (TPSA) is 62.4 Å². The predicted octanol–water partition coefficient (Wildman–Crippen LogP) is 2.44. The molecule has 3 N–H and O–H groups in total. The number of rotatable bonds is 4. The molecule has 0 aliphatic carbocycles. The van der Waals surface area contributed by atoms with Gasteiger partial charge in [0.2, 0.25) is 0 Å². The molecule has 0 bridgehead atoms. The van der Waals surface area contributed by atoms with Crippen LogP contribution in [0, 0.1) is 0 Å². The van der Waals surface area contributed by atoms with E-state index in [1.54, 1.807) is 12.3 Å². The van der Waals surface area contributed by atoms with Gasteiger partial charge in [0.1, 0.15) is 5.75 Å². The Labute approximate surface area is 113 Å². The molecule has 4 nitrogen and oxygen atoms in total. The third-order valence-electron chi connectivity index (χ3n) is 3.07. The Morgan fingerprint density at radius 2 is 2.11 bits per heavy atom. The van der Waals surface area contributed by atoms with Crippen LogP contribution in [-0.4, -0.2) is 17.1 Å². The number of aromatic nitrogens is 1. The lowest BCUT2D eigenvalue weighted by Crippen LogP contribution is -2.17. The molecule has 1 unspecified atom stereocenters. The molecule has 100 valence electrons. The fourth-order valence-electron chi connectivity index (χ4n) is 1.98. The Morgan fingerprint density at radius 1 is 1.32 bits per heavy atom. The summed E-state index contributed by atoms with van der Waals surface area (Å²) >= 11 is 0. The number of hydrogen-bond acceptors (Lipinski definition) is 4. The fraction of sp³-hybridized carbons (Fsp3) is 0.267. The van der Waals surface area contributed by atoms with E-state index in [0.29, 0.717) is 6.54 Å². The predicted molar refractivity (Wildman–Crippen MR) is 77.1 cm³/mol. The zero-order valence-electron chi connectivity index (χ0n) is 11.2. The van der Waals surface area contributed by atoms with Gasteiger partial charge in [0.05, 0.1) is 12.2 Å². The molecule has 0 saturated heterocycles. The smallest absolute Gasteiger partial charge is 0.122 e. The van der Waals surface area contributed by atoms with Crippen molar-refractivity contribution in [1.29, 1.82) is 0 Å². The normalized spacial score (nSPS) is 12.2. The molecular formula is C15H19N3O. The summed E-state index contributed by atoms with van der Waals surface area (Å²) in [5, 5.41) is 9.95. The molecule has 19 heavy (non-hydrogen) atoms. The first-order chi connectivity index (χ1) is 9.08. The van der Waals surface area contributed by atoms with Crippen molar-refractivity contribution in [2.75, 3.05) is 11.9 Å². The highest BCUT2D eigenvalue weighted by atomic mass is 16.3. The fourth-order valence-corrected chi connectivity index (χ4v) is 1.98. The van der Waals surface area contributed by atoms with Crippen LogP contribution in [0.5, 0.6) is 5.75 Å². The zero-order valence-corrected chi connectivity index (χ0v) is 11.2. The summed E-state index contributed by atoms with van der Waals surface area (Å²) in [6.07, 6.45) is 1.78. The first-order valence-electron chi connectivity index (χ1n) is 6.27. The summed E-state index contributed by atoms with van der Waals surface area (Å²) < 4.78 is 0. The highest BCUT2D eigenvalue weighted by Crippen LogP contribution is 2.28. The van der Waals surface area contributed by atoms with Gasteiger partial charge >= 0.3 is 0 Å². The van der Waals surface area contributed by atoms with E-state index in [4.69, 9.17) is 5.73 Å². The van der Waals surface area contributed by atoms with Gasteiger partial charge in [-0.25, -0.2) is 0 Å². The summed E-state index contributed by atoms with van der Waals surface area (Å²) in [7, 11) is 1.97. The SMILES string of the molecule is CC(N)c1ccc(N(C)Cc2ccccn2)cc1O. The lowest BCUT2D eigenvalue weighted by atomic mass is 10.1. The molecular weight excluding hydrogens is 238 g/mol. The first-order valence-corrected chi connectivity index (χ1v) is 6.27. The minimum absolute atomic E-state index is 0.171. The molecule has 0 spiro atoms. The maximum absolute atomic E-state index is 9.95. The van der Waals surface area contributed by atoms with Gasteiger partial charge in [-0.1, -0.05) is 12.1 Å². The van der Waals surface area contributed by atoms with Crippen LogP contribution in [0.3, 0.4) is 0 Å². The number of nitrogens with zero attached hydrogens (tertiary/aromatic N) is 2. The number of anilines is 1. The van der Waals surface area contributed by atoms with Gasteiger partial charge in [-0.15, -0.1) is 0 Å². The minimum Gasteiger partial charge on any atom is -0.508 e. The number of phenols is 1. The quantitative estimate of drug-likeness (QED) is 0.883. The summed E-state index contributed by atoms with van der Waals surface area (Å²) in [5.74, 6) is 0.236. The maximum atomic E-state index is 9.95. The van der Waals surface area contributed by atoms with Gasteiger partial charge in [-0.2, -0.15) is 0 Å². The molecule has 2 aromatic rings. The van der Waals surface area contributed by atoms with E-state index in [-0.39, 0.29) is 11.8 Å². The first kappa shape index (κ1) is 13.4. The number of phenolic OH excluding ortho intramolecular Hbond substituents is 1. The highest BCUT2D eigenvalue weighted by molar-refractivity contribution is 5.53. The van der Waals surface area contributed by atoms with Crippen molar-refractivity contribution in [2.24, 2.45) is 5.73 Å². The van der Waals surface area contributed by atoms with E-state index in [9.17, 15) is 5.11 Å². The van der Waals surface area contributed by atoms with Gasteiger partial charge in [0, 0.05) is 36.6 Å². The van der Waals surface area contributed by atoms with Gasteiger partial charge in [0.15, 0.2) is 0 Å². The van der Waals surface area contributed by atoms with Crippen molar-refractivity contribution in [2.45, 2.75) is 19.5 Å². The monoisotopic (exact) mass is 257 g/mol. The Hall–Kier alpha value is -2.07. The van der Waals surface area contributed by atoms with E-state index in [1.807, 2.05) is 49.2 Å². The van der Waals surface area contributed by atoms with Crippen molar-refractivity contribution < 1.29 is 5.11 Å². The van der Waals surface area contributed by atoms with Crippen LogP contribution in [0.2, 0.25) is 0 Å². The van der Waals surface area contributed by atoms with Crippen LogP contribution < -0.4 is 10.6 Å². The van der Waals surface area contributed by atoms with Crippen molar-refractivity contribution in [3.63, 3.8) is 0 Å². The van der Waals surface area contributed by atoms with E-state index < -0.39 is 0 Å². The number of aromatic hydroxyl groups is 1. The van der Waals surface area contributed by atoms with Crippen LogP contribution in [0.1, 0.15) is 24.2 Å². The molecule has 0 saturated carbocycles. The Morgan fingerprint density at radius 3 is 2.68 bits per heavy atom. The van der Waals surface area contributed by atoms with Gasteiger partial charge in [-0.05, 0) is 25.1 Å². The summed E-state index contributed by atoms with van der Waals surface area (Å²) in [6.45, 7) is 2.55. The zero-order chi connectivity index (χ0) is 13.8. The van der Waals surface area contributed by atoms with Crippen LogP contribution in [0.4, 0.5) is 5.69 Å². The molecule has 2 rings (SSSR count). The van der Waals surface area contributed by atoms with Crippen molar-refractivity contribution in [3.8, 4) is 5.75 Å². The summed E-state index contributed by atoms with van der Waals surface area (Å²) in [4.78, 5) is 6.32. The van der Waals surface area contributed by atoms with Gasteiger partial charge in [-0.3, -0.25) is 4.98 Å². The molecule has 1 heterocycles. The lowest BCUT2D eigenvalue weighted by molar-refractivity contribution is 0.464. The molecule has 4 heteroatoms. The van der Waals surface area contributed by atoms with Crippen LogP contribution in [0.15, 0.2) is 42.6 Å². The third kappa shape index (κ3) is 3.23. The van der Waals surface area contributed by atoms with Crippen LogP contribution in [0.25, 0.3) is 0 Å². The Balaban J connectivity index is 2.16. The van der Waals surface area contributed by atoms with Crippen LogP contribution >= 0.6 is 0 Å². The van der Waals surface area contributed by atoms with Crippen molar-refractivity contribution in [1.82, 2.24) is 4.98 Å². The molecule has 1 atom stereocenters. The second-order valence-corrected chi connectivity index (χ2v) is 4.71. The largest absolute Gasteiger partial charge is 0.508 e. The summed E-state index contributed by atoms with van der Waals surface area (Å²) in [5.41, 5.74) is 8.46. The van der Waals surface area contributed by atoms with Gasteiger partial charge < -0.3 is 15.7 Å². The standard InChI is InChI=1S/C15H19N3O/c1-11(16)14-7-6-13(9-15(14)19)18(2)10-12-5-3-4-8-17-12/h3-9,11,19H,10,16H2,1-2H3. The summed E-state index contributed by atoms with van der Waals surface area (Å²) in [6, 6.07) is 11.2. The minimum atomic E-state index is -0.171. The lowest BCUT2D eigenvalue weighted by Gasteiger charge is -2.20. The second kappa shape index (κ2) is 5.71. The molecule has 0 amide bonds. The van der Waals surface area contributed by atoms with E-state index in [2.05, 4.69) is 4.98 Å². The molecule has 0 aliphatic rings. The number of benzene rings is 1. The highest BCUT2D eigenvalue weighted by Gasteiger charge is 2.09. The maximum Gasteiger partial charge on any atom is 0.122 e. The number of hydrogen-bond donors (Lipinski definition) is 2. The van der Waals surface area contributed by atoms with E-state index in [0.717, 1.165) is 16.9 Å². The average molecular weight is 257 g/mol. The van der Waals surface area contributed by atoms with E-state index >= 15 is 0 Å². The average Bonchev–Trinajstić information content (AvgIpc) is 2.39. The van der Waals surface area contributed by atoms with Crippen molar-refractivity contribution in [3.05, 3.63) is 53.9 Å². The second-order valence-electron chi connectivity index (χ2n) is 4.71. The molecule has 0 aliphatic heterocycles. The molecule has 1 aromatic carbocycles. The number of pyridine rings is 1. The van der Waals surface area contributed by atoms with E-state index in [1.165, 1.54) is 0 Å². The molecule has 1 aromatic heterocycles. The Bertz CT molecular complexity index is 540. The third-order valence-corrected chi connectivity index (χ3v) is 3.07. The van der Waals surface area contributed by atoms with Crippen LogP contribution in [-0.2, 0) is 6.54 Å². The van der Waals surface area contributed by atoms with Crippen molar-refractivity contribution >= 4 is 5.69 Å². The number of nitrogens with two attached hydrogens (primary N) is 1. The molecule has 0 fully saturated rings. The molecule has 0 radical (unpaired) electrons.